The molecule has 0 saturated carbocycles. The smallest absolute Gasteiger partial charge is 0.405 e. The number of aromatic nitrogens is 2. The number of rotatable bonds is 3. The average molecular weight is 493 g/mol. The second-order valence-electron chi connectivity index (χ2n) is 9.82. The highest BCUT2D eigenvalue weighted by molar-refractivity contribution is 6.61. The van der Waals surface area contributed by atoms with Gasteiger partial charge in [0, 0.05) is 38.6 Å². The van der Waals surface area contributed by atoms with E-state index in [2.05, 4.69) is 106 Å². The fourth-order valence-corrected chi connectivity index (χ4v) is 6.03. The number of nitrogen functional groups attached to an aromatic ring is 1. The number of nitrogens with two attached hydrogens (primary N) is 1. The van der Waals surface area contributed by atoms with Gasteiger partial charge >= 0.3 is 7.12 Å². The monoisotopic (exact) mass is 493 g/mol. The normalized spacial score (nSPS) is 13.9. The summed E-state index contributed by atoms with van der Waals surface area (Å²) in [5.74, 6) is 0. The van der Waals surface area contributed by atoms with E-state index in [1.54, 1.807) is 0 Å². The molecule has 0 unspecified atom stereocenters. The Morgan fingerprint density at radius 3 is 1.53 bits per heavy atom. The molecular formula is C32H24BN3O2. The molecule has 182 valence electrons. The lowest BCUT2D eigenvalue weighted by Crippen LogP contribution is -2.31. The summed E-state index contributed by atoms with van der Waals surface area (Å²) >= 11 is 0. The van der Waals surface area contributed by atoms with Crippen molar-refractivity contribution in [1.82, 2.24) is 9.13 Å². The predicted molar refractivity (Wildman–Crippen MR) is 157 cm³/mol. The first-order chi connectivity index (χ1) is 18.8. The van der Waals surface area contributed by atoms with Gasteiger partial charge in [-0.15, -0.1) is 0 Å². The van der Waals surface area contributed by atoms with Gasteiger partial charge in [0.05, 0.1) is 35.3 Å². The lowest BCUT2D eigenvalue weighted by atomic mass is 9.79. The van der Waals surface area contributed by atoms with Crippen LogP contribution in [0, 0.1) is 0 Å². The number of hydrogen-bond acceptors (Lipinski definition) is 3. The lowest BCUT2D eigenvalue weighted by Gasteiger charge is -2.11. The van der Waals surface area contributed by atoms with Crippen molar-refractivity contribution >= 4 is 61.9 Å². The fraction of sp³-hybridized carbons (Fsp3) is 0.0625. The zero-order valence-electron chi connectivity index (χ0n) is 20.7. The van der Waals surface area contributed by atoms with Crippen LogP contribution < -0.4 is 11.2 Å². The Morgan fingerprint density at radius 2 is 1.00 bits per heavy atom. The molecule has 2 aromatic heterocycles. The maximum Gasteiger partial charge on any atom is 0.494 e. The number of fused-ring (bicyclic) bond motifs is 7. The van der Waals surface area contributed by atoms with Gasteiger partial charge in [-0.2, -0.15) is 0 Å². The van der Waals surface area contributed by atoms with Crippen molar-refractivity contribution in [3.05, 3.63) is 109 Å². The second kappa shape index (κ2) is 8.25. The SMILES string of the molecule is Nc1ccc(-n2c3ccccc3c3c4c5ccccc5n(-c5ccc(B6OCCO6)cc5)c4ccc32)cc1. The minimum atomic E-state index is -0.277. The van der Waals surface area contributed by atoms with Gasteiger partial charge in [0.15, 0.2) is 0 Å². The van der Waals surface area contributed by atoms with E-state index in [1.165, 1.54) is 43.6 Å². The third-order valence-corrected chi connectivity index (χ3v) is 7.67. The lowest BCUT2D eigenvalue weighted by molar-refractivity contribution is 0.365. The number of benzene rings is 5. The summed E-state index contributed by atoms with van der Waals surface area (Å²) in [5.41, 5.74) is 14.7. The molecule has 0 aliphatic carbocycles. The summed E-state index contributed by atoms with van der Waals surface area (Å²) in [4.78, 5) is 0. The van der Waals surface area contributed by atoms with Crippen molar-refractivity contribution in [3.8, 4) is 11.4 Å². The van der Waals surface area contributed by atoms with Gasteiger partial charge in [-0.3, -0.25) is 0 Å². The molecule has 0 spiro atoms. The van der Waals surface area contributed by atoms with Crippen molar-refractivity contribution in [2.75, 3.05) is 18.9 Å². The van der Waals surface area contributed by atoms with Gasteiger partial charge in [0.2, 0.25) is 0 Å². The molecule has 1 fully saturated rings. The van der Waals surface area contributed by atoms with E-state index >= 15 is 0 Å². The average Bonchev–Trinajstić information content (AvgIpc) is 3.69. The molecule has 3 heterocycles. The molecule has 0 radical (unpaired) electrons. The summed E-state index contributed by atoms with van der Waals surface area (Å²) in [7, 11) is -0.277. The number of anilines is 1. The first-order valence-corrected chi connectivity index (χ1v) is 12.9. The van der Waals surface area contributed by atoms with Crippen molar-refractivity contribution in [3.63, 3.8) is 0 Å². The summed E-state index contributed by atoms with van der Waals surface area (Å²) in [6, 6.07) is 38.5. The van der Waals surface area contributed by atoms with Crippen molar-refractivity contribution < 1.29 is 9.31 Å². The van der Waals surface area contributed by atoms with Gasteiger partial charge < -0.3 is 24.2 Å². The summed E-state index contributed by atoms with van der Waals surface area (Å²) in [6.07, 6.45) is 0. The molecule has 7 aromatic rings. The Labute approximate surface area is 219 Å². The maximum atomic E-state index is 6.02. The topological polar surface area (TPSA) is 54.3 Å². The molecule has 1 aliphatic rings. The van der Waals surface area contributed by atoms with E-state index in [0.29, 0.717) is 13.2 Å². The van der Waals surface area contributed by atoms with Crippen molar-refractivity contribution in [2.45, 2.75) is 0 Å². The summed E-state index contributed by atoms with van der Waals surface area (Å²) in [6.45, 7) is 1.28. The number of para-hydroxylation sites is 2. The standard InChI is InChI=1S/C32H24BN3O2/c34-22-11-15-24(16-12-22)36-28-8-4-2-6-26(28)32-30(36)18-17-29-31(32)25-5-1-3-7-27(25)35(29)23-13-9-21(10-14-23)33-37-19-20-38-33/h1-18H,19-20,34H2. The first kappa shape index (κ1) is 21.6. The van der Waals surface area contributed by atoms with Crippen LogP contribution in [-0.2, 0) is 9.31 Å². The van der Waals surface area contributed by atoms with Crippen LogP contribution in [0.3, 0.4) is 0 Å². The minimum Gasteiger partial charge on any atom is -0.405 e. The molecule has 6 heteroatoms. The first-order valence-electron chi connectivity index (χ1n) is 12.9. The van der Waals surface area contributed by atoms with Crippen molar-refractivity contribution in [2.24, 2.45) is 0 Å². The van der Waals surface area contributed by atoms with Gasteiger partial charge in [-0.05, 0) is 66.1 Å². The molecule has 0 bridgehead atoms. The molecule has 5 aromatic carbocycles. The minimum absolute atomic E-state index is 0.277. The van der Waals surface area contributed by atoms with E-state index in [1.807, 2.05) is 12.1 Å². The third kappa shape index (κ3) is 3.08. The molecule has 0 amide bonds. The van der Waals surface area contributed by atoms with Crippen LogP contribution in [0.2, 0.25) is 0 Å². The van der Waals surface area contributed by atoms with Gasteiger partial charge in [-0.1, -0.05) is 48.5 Å². The molecule has 8 rings (SSSR count). The Bertz CT molecular complexity index is 1980. The maximum absolute atomic E-state index is 6.02. The molecule has 0 atom stereocenters. The molecule has 5 nitrogen and oxygen atoms in total. The number of nitrogens with zero attached hydrogens (tertiary/aromatic N) is 2. The van der Waals surface area contributed by atoms with E-state index in [-0.39, 0.29) is 7.12 Å². The third-order valence-electron chi connectivity index (χ3n) is 7.67. The van der Waals surface area contributed by atoms with E-state index in [4.69, 9.17) is 15.0 Å². The van der Waals surface area contributed by atoms with Crippen LogP contribution >= 0.6 is 0 Å². The highest BCUT2D eigenvalue weighted by Crippen LogP contribution is 2.42. The Hall–Kier alpha value is -4.52. The molecular weight excluding hydrogens is 469 g/mol. The molecule has 1 saturated heterocycles. The van der Waals surface area contributed by atoms with Crippen LogP contribution in [0.4, 0.5) is 5.69 Å². The van der Waals surface area contributed by atoms with Crippen LogP contribution in [0.15, 0.2) is 109 Å². The Morgan fingerprint density at radius 1 is 0.526 bits per heavy atom. The highest BCUT2D eigenvalue weighted by atomic mass is 16.6. The molecule has 38 heavy (non-hydrogen) atoms. The van der Waals surface area contributed by atoms with E-state index < -0.39 is 0 Å². The zero-order valence-corrected chi connectivity index (χ0v) is 20.7. The van der Waals surface area contributed by atoms with Gasteiger partial charge in [0.1, 0.15) is 0 Å². The van der Waals surface area contributed by atoms with Crippen LogP contribution in [0.5, 0.6) is 0 Å². The molecule has 2 N–H and O–H groups in total. The van der Waals surface area contributed by atoms with Crippen LogP contribution in [-0.4, -0.2) is 29.5 Å². The quantitative estimate of drug-likeness (QED) is 0.235. The van der Waals surface area contributed by atoms with Gasteiger partial charge in [0.25, 0.3) is 0 Å². The fourth-order valence-electron chi connectivity index (χ4n) is 6.03. The summed E-state index contributed by atoms with van der Waals surface area (Å²) < 4.78 is 16.1. The van der Waals surface area contributed by atoms with E-state index in [9.17, 15) is 0 Å². The van der Waals surface area contributed by atoms with E-state index in [0.717, 1.165) is 22.5 Å². The Kier molecular flexibility index (Phi) is 4.68. The van der Waals surface area contributed by atoms with Gasteiger partial charge in [-0.25, -0.2) is 0 Å². The molecule has 1 aliphatic heterocycles. The van der Waals surface area contributed by atoms with Crippen LogP contribution in [0.1, 0.15) is 0 Å². The van der Waals surface area contributed by atoms with Crippen LogP contribution in [0.25, 0.3) is 55.0 Å². The predicted octanol–water partition coefficient (Wildman–Crippen LogP) is 6.21. The summed E-state index contributed by atoms with van der Waals surface area (Å²) in [5, 5.41) is 4.99. The zero-order chi connectivity index (χ0) is 25.2. The van der Waals surface area contributed by atoms with Crippen molar-refractivity contribution in [1.29, 1.82) is 0 Å². The number of hydrogen-bond donors (Lipinski definition) is 1. The highest BCUT2D eigenvalue weighted by Gasteiger charge is 2.26. The largest absolute Gasteiger partial charge is 0.494 e. The Balaban J connectivity index is 1.45. The second-order valence-corrected chi connectivity index (χ2v) is 9.82.